The molecule has 7 heteroatoms. The number of hydrogen-bond donors (Lipinski definition) is 0. The normalized spacial score (nSPS) is 16.3. The monoisotopic (exact) mass is 357 g/mol. The Balaban J connectivity index is 2.26. The molecular weight excluding hydrogens is 333 g/mol. The number of benzene rings is 1. The van der Waals surface area contributed by atoms with Gasteiger partial charge in [-0.1, -0.05) is 20.3 Å². The fraction of sp³-hybridized carbons (Fsp3) is 0.588. The first kappa shape index (κ1) is 18.9. The molecule has 0 N–H and O–H groups in total. The Morgan fingerprint density at radius 2 is 1.83 bits per heavy atom. The van der Waals surface area contributed by atoms with Crippen LogP contribution in [-0.4, -0.2) is 37.9 Å². The van der Waals surface area contributed by atoms with Crippen molar-refractivity contribution in [2.45, 2.75) is 57.0 Å². The van der Waals surface area contributed by atoms with Crippen molar-refractivity contribution in [1.29, 1.82) is 0 Å². The Kier molecular flexibility index (Phi) is 6.34. The van der Waals surface area contributed by atoms with Crippen LogP contribution in [0.3, 0.4) is 0 Å². The summed E-state index contributed by atoms with van der Waals surface area (Å²) >= 11 is 0. The summed E-state index contributed by atoms with van der Waals surface area (Å²) < 4.78 is 45.7. The lowest BCUT2D eigenvalue weighted by atomic mass is 9.98. The lowest BCUT2D eigenvalue weighted by Gasteiger charge is -2.22. The van der Waals surface area contributed by atoms with Crippen LogP contribution in [0.15, 0.2) is 23.1 Å². The summed E-state index contributed by atoms with van der Waals surface area (Å²) in [4.78, 5) is 11.8. The second-order valence-corrected chi connectivity index (χ2v) is 7.81. The summed E-state index contributed by atoms with van der Waals surface area (Å²) in [7, 11) is -3.97. The van der Waals surface area contributed by atoms with Gasteiger partial charge in [0.2, 0.25) is 10.0 Å². The number of halogens is 1. The molecule has 1 saturated carbocycles. The molecule has 0 bridgehead atoms. The van der Waals surface area contributed by atoms with E-state index in [0.29, 0.717) is 0 Å². The quantitative estimate of drug-likeness (QED) is 0.733. The van der Waals surface area contributed by atoms with Crippen LogP contribution in [-0.2, 0) is 14.8 Å². The van der Waals surface area contributed by atoms with Gasteiger partial charge in [-0.3, -0.25) is 0 Å². The summed E-state index contributed by atoms with van der Waals surface area (Å²) in [6.45, 7) is 3.82. The number of hydrogen-bond acceptors (Lipinski definition) is 4. The van der Waals surface area contributed by atoms with Gasteiger partial charge in [0.15, 0.2) is 0 Å². The Hall–Kier alpha value is -1.47. The van der Waals surface area contributed by atoms with Gasteiger partial charge in [0.05, 0.1) is 5.56 Å². The predicted molar refractivity (Wildman–Crippen MR) is 88.8 cm³/mol. The maximum absolute atomic E-state index is 14.1. The molecular formula is C17H24FNO4S. The summed E-state index contributed by atoms with van der Waals surface area (Å²) in [6.07, 6.45) is 4.66. The van der Waals surface area contributed by atoms with Crippen LogP contribution in [0.5, 0.6) is 0 Å². The average Bonchev–Trinajstić information content (AvgIpc) is 2.56. The molecule has 1 aliphatic rings. The van der Waals surface area contributed by atoms with Gasteiger partial charge in [0.1, 0.15) is 16.8 Å². The lowest BCUT2D eigenvalue weighted by Crippen LogP contribution is -2.31. The third-order valence-corrected chi connectivity index (χ3v) is 6.38. The molecule has 24 heavy (non-hydrogen) atoms. The number of carbonyl (C=O) groups excluding carboxylic acids is 1. The van der Waals surface area contributed by atoms with Crippen molar-refractivity contribution in [1.82, 2.24) is 4.31 Å². The van der Waals surface area contributed by atoms with E-state index in [4.69, 9.17) is 4.74 Å². The second-order valence-electron chi connectivity index (χ2n) is 5.90. The van der Waals surface area contributed by atoms with Crippen molar-refractivity contribution in [2.75, 3.05) is 13.1 Å². The highest BCUT2D eigenvalue weighted by Gasteiger charge is 2.27. The SMILES string of the molecule is CCN(CC)S(=O)(=O)c1cc(C(=O)OC2CCCCC2)ccc1F. The van der Waals surface area contributed by atoms with Crippen molar-refractivity contribution in [3.05, 3.63) is 29.6 Å². The number of nitrogens with zero attached hydrogens (tertiary/aromatic N) is 1. The summed E-state index contributed by atoms with van der Waals surface area (Å²) in [5, 5.41) is 0. The van der Waals surface area contributed by atoms with E-state index in [-0.39, 0.29) is 24.8 Å². The molecule has 0 atom stereocenters. The van der Waals surface area contributed by atoms with E-state index in [2.05, 4.69) is 0 Å². The second kappa shape index (κ2) is 8.07. The van der Waals surface area contributed by atoms with E-state index in [9.17, 15) is 17.6 Å². The van der Waals surface area contributed by atoms with Gasteiger partial charge in [-0.15, -0.1) is 0 Å². The first-order valence-electron chi connectivity index (χ1n) is 8.40. The molecule has 0 saturated heterocycles. The van der Waals surface area contributed by atoms with Crippen LogP contribution < -0.4 is 0 Å². The molecule has 1 aromatic rings. The van der Waals surface area contributed by atoms with Crippen LogP contribution in [0, 0.1) is 5.82 Å². The van der Waals surface area contributed by atoms with Gasteiger partial charge in [0.25, 0.3) is 0 Å². The molecule has 0 unspecified atom stereocenters. The summed E-state index contributed by atoms with van der Waals surface area (Å²) in [6, 6.07) is 3.35. The zero-order valence-electron chi connectivity index (χ0n) is 14.1. The minimum atomic E-state index is -3.97. The maximum atomic E-state index is 14.1. The zero-order valence-corrected chi connectivity index (χ0v) is 14.9. The third-order valence-electron chi connectivity index (χ3n) is 4.32. The van der Waals surface area contributed by atoms with Crippen LogP contribution in [0.1, 0.15) is 56.3 Å². The van der Waals surface area contributed by atoms with Crippen molar-refractivity contribution >= 4 is 16.0 Å². The first-order chi connectivity index (χ1) is 11.4. The molecule has 0 aliphatic heterocycles. The lowest BCUT2D eigenvalue weighted by molar-refractivity contribution is 0.0211. The Bertz CT molecular complexity index is 680. The Labute approximate surface area is 142 Å². The van der Waals surface area contributed by atoms with E-state index in [1.807, 2.05) is 0 Å². The van der Waals surface area contributed by atoms with E-state index >= 15 is 0 Å². The van der Waals surface area contributed by atoms with E-state index < -0.39 is 26.7 Å². The van der Waals surface area contributed by atoms with Gasteiger partial charge in [-0.05, 0) is 43.9 Å². The summed E-state index contributed by atoms with van der Waals surface area (Å²) in [5.74, 6) is -1.46. The van der Waals surface area contributed by atoms with Crippen molar-refractivity contribution < 1.29 is 22.3 Å². The number of rotatable bonds is 6. The maximum Gasteiger partial charge on any atom is 0.338 e. The van der Waals surface area contributed by atoms with Gasteiger partial charge < -0.3 is 4.74 Å². The van der Waals surface area contributed by atoms with Crippen LogP contribution >= 0.6 is 0 Å². The third kappa shape index (κ3) is 4.13. The van der Waals surface area contributed by atoms with Crippen LogP contribution in [0.4, 0.5) is 4.39 Å². The average molecular weight is 357 g/mol. The molecule has 1 fully saturated rings. The highest BCUT2D eigenvalue weighted by Crippen LogP contribution is 2.24. The van der Waals surface area contributed by atoms with Gasteiger partial charge >= 0.3 is 5.97 Å². The van der Waals surface area contributed by atoms with E-state index in [1.54, 1.807) is 13.8 Å². The van der Waals surface area contributed by atoms with Gasteiger partial charge in [-0.2, -0.15) is 4.31 Å². The summed E-state index contributed by atoms with van der Waals surface area (Å²) in [5.41, 5.74) is 0.0627. The molecule has 0 amide bonds. The standard InChI is InChI=1S/C17H24FNO4S/c1-3-19(4-2)24(21,22)16-12-13(10-11-15(16)18)17(20)23-14-8-6-5-7-9-14/h10-12,14H,3-9H2,1-2H3. The Morgan fingerprint density at radius 3 is 2.42 bits per heavy atom. The molecule has 0 aromatic heterocycles. The number of sulfonamides is 1. The fourth-order valence-corrected chi connectivity index (χ4v) is 4.48. The van der Waals surface area contributed by atoms with Crippen molar-refractivity contribution in [3.63, 3.8) is 0 Å². The minimum absolute atomic E-state index is 0.0627. The number of carbonyl (C=O) groups is 1. The fourth-order valence-electron chi connectivity index (χ4n) is 2.93. The van der Waals surface area contributed by atoms with Gasteiger partial charge in [-0.25, -0.2) is 17.6 Å². The molecule has 134 valence electrons. The van der Waals surface area contributed by atoms with Crippen LogP contribution in [0.2, 0.25) is 0 Å². The first-order valence-corrected chi connectivity index (χ1v) is 9.84. The van der Waals surface area contributed by atoms with Crippen molar-refractivity contribution in [2.24, 2.45) is 0 Å². The Morgan fingerprint density at radius 1 is 1.21 bits per heavy atom. The molecule has 0 radical (unpaired) electrons. The molecule has 1 aromatic carbocycles. The van der Waals surface area contributed by atoms with E-state index in [1.165, 1.54) is 6.07 Å². The highest BCUT2D eigenvalue weighted by molar-refractivity contribution is 7.89. The molecule has 5 nitrogen and oxygen atoms in total. The predicted octanol–water partition coefficient (Wildman–Crippen LogP) is 3.35. The zero-order chi connectivity index (χ0) is 17.7. The smallest absolute Gasteiger partial charge is 0.338 e. The number of esters is 1. The molecule has 2 rings (SSSR count). The van der Waals surface area contributed by atoms with Crippen molar-refractivity contribution in [3.8, 4) is 0 Å². The molecule has 1 aliphatic carbocycles. The minimum Gasteiger partial charge on any atom is -0.459 e. The molecule has 0 heterocycles. The largest absolute Gasteiger partial charge is 0.459 e. The van der Waals surface area contributed by atoms with E-state index in [0.717, 1.165) is 48.5 Å². The number of ether oxygens (including phenoxy) is 1. The van der Waals surface area contributed by atoms with Crippen LogP contribution in [0.25, 0.3) is 0 Å². The topological polar surface area (TPSA) is 63.7 Å². The highest BCUT2D eigenvalue weighted by atomic mass is 32.2. The molecule has 0 spiro atoms. The van der Waals surface area contributed by atoms with Gasteiger partial charge in [0, 0.05) is 13.1 Å².